The largest absolute Gasteiger partial charge is 0.490 e. The van der Waals surface area contributed by atoms with Gasteiger partial charge in [-0.25, -0.2) is 14.6 Å². The molecule has 9 nitrogen and oxygen atoms in total. The lowest BCUT2D eigenvalue weighted by Gasteiger charge is -2.21. The molecule has 1 fully saturated rings. The predicted molar refractivity (Wildman–Crippen MR) is 120 cm³/mol. The van der Waals surface area contributed by atoms with Gasteiger partial charge in [0.1, 0.15) is 5.60 Å². The molecule has 0 radical (unpaired) electrons. The van der Waals surface area contributed by atoms with E-state index in [0.717, 1.165) is 12.8 Å². The Morgan fingerprint density at radius 2 is 1.94 bits per heavy atom. The average Bonchev–Trinajstić information content (AvgIpc) is 3.46. The second kappa shape index (κ2) is 10.1. The Morgan fingerprint density at radius 3 is 2.55 bits per heavy atom. The Bertz CT molecular complexity index is 989. The third-order valence-electron chi connectivity index (χ3n) is 4.82. The third-order valence-corrected chi connectivity index (χ3v) is 4.82. The fourth-order valence-electron chi connectivity index (χ4n) is 3.06. The number of rotatable bonds is 9. The Labute approximate surface area is 193 Å². The van der Waals surface area contributed by atoms with Crippen molar-refractivity contribution < 1.29 is 33.0 Å². The minimum absolute atomic E-state index is 0.0228. The standard InChI is InChI=1S/C24H32N2O7/c1-7-30-17-11-10-16(12-18(17)31-13-15-8-9-15)21-26-19(22(27)29-6)20(32-21)14(2)25-23(28)33-24(3,4)5/h10-12,14-15H,7-9,13H2,1-6H3,(H,25,28). The van der Waals surface area contributed by atoms with Crippen molar-refractivity contribution in [1.29, 1.82) is 0 Å². The quantitative estimate of drug-likeness (QED) is 0.526. The van der Waals surface area contributed by atoms with Gasteiger partial charge in [0.2, 0.25) is 5.89 Å². The van der Waals surface area contributed by atoms with E-state index in [1.807, 2.05) is 6.92 Å². The van der Waals surface area contributed by atoms with Crippen LogP contribution < -0.4 is 14.8 Å². The number of hydrogen-bond donors (Lipinski definition) is 1. The van der Waals surface area contributed by atoms with E-state index in [-0.39, 0.29) is 17.3 Å². The number of oxazole rings is 1. The van der Waals surface area contributed by atoms with E-state index < -0.39 is 23.7 Å². The lowest BCUT2D eigenvalue weighted by Crippen LogP contribution is -2.34. The lowest BCUT2D eigenvalue weighted by atomic mass is 10.2. The summed E-state index contributed by atoms with van der Waals surface area (Å²) in [6, 6.07) is 4.64. The second-order valence-electron chi connectivity index (χ2n) is 8.94. The van der Waals surface area contributed by atoms with Gasteiger partial charge in [-0.05, 0) is 71.6 Å². The summed E-state index contributed by atoms with van der Waals surface area (Å²) in [5.74, 6) is 1.47. The van der Waals surface area contributed by atoms with Crippen LogP contribution in [0.2, 0.25) is 0 Å². The highest BCUT2D eigenvalue weighted by Crippen LogP contribution is 2.36. The molecule has 1 aliphatic rings. The van der Waals surface area contributed by atoms with Crippen molar-refractivity contribution in [1.82, 2.24) is 10.3 Å². The van der Waals surface area contributed by atoms with Gasteiger partial charge >= 0.3 is 12.1 Å². The highest BCUT2D eigenvalue weighted by atomic mass is 16.6. The molecule has 0 saturated heterocycles. The molecule has 1 atom stereocenters. The Balaban J connectivity index is 1.89. The van der Waals surface area contributed by atoms with Gasteiger partial charge in [0.05, 0.1) is 26.4 Å². The Hall–Kier alpha value is -3.23. The number of carbonyl (C=O) groups is 2. The number of amides is 1. The van der Waals surface area contributed by atoms with Crippen LogP contribution in [0.3, 0.4) is 0 Å². The molecule has 0 bridgehead atoms. The van der Waals surface area contributed by atoms with E-state index in [0.29, 0.717) is 36.2 Å². The molecule has 1 aromatic carbocycles. The third kappa shape index (κ3) is 6.63. The zero-order valence-electron chi connectivity index (χ0n) is 20.0. The van der Waals surface area contributed by atoms with Crippen molar-refractivity contribution in [3.63, 3.8) is 0 Å². The molecule has 1 heterocycles. The van der Waals surface area contributed by atoms with Gasteiger partial charge in [0.15, 0.2) is 23.0 Å². The fourth-order valence-corrected chi connectivity index (χ4v) is 3.06. The van der Waals surface area contributed by atoms with Gasteiger partial charge < -0.3 is 28.7 Å². The monoisotopic (exact) mass is 460 g/mol. The average molecular weight is 461 g/mol. The van der Waals surface area contributed by atoms with E-state index >= 15 is 0 Å². The van der Waals surface area contributed by atoms with E-state index in [1.165, 1.54) is 7.11 Å². The van der Waals surface area contributed by atoms with Gasteiger partial charge in [-0.3, -0.25) is 0 Å². The van der Waals surface area contributed by atoms with Crippen LogP contribution in [0.15, 0.2) is 22.6 Å². The minimum atomic E-state index is -0.691. The molecule has 0 aliphatic heterocycles. The van der Waals surface area contributed by atoms with Gasteiger partial charge in [-0.2, -0.15) is 0 Å². The van der Waals surface area contributed by atoms with Crippen LogP contribution in [0.25, 0.3) is 11.5 Å². The van der Waals surface area contributed by atoms with Crippen molar-refractivity contribution >= 4 is 12.1 Å². The molecule has 1 aliphatic carbocycles. The molecule has 1 saturated carbocycles. The van der Waals surface area contributed by atoms with Gasteiger partial charge in [-0.15, -0.1) is 0 Å². The summed E-state index contributed by atoms with van der Waals surface area (Å²) in [7, 11) is 1.26. The number of methoxy groups -OCH3 is 1. The summed E-state index contributed by atoms with van der Waals surface area (Å²) in [4.78, 5) is 28.9. The van der Waals surface area contributed by atoms with E-state index in [1.54, 1.807) is 45.9 Å². The number of carbonyl (C=O) groups excluding carboxylic acids is 2. The maximum absolute atomic E-state index is 12.4. The molecule has 0 spiro atoms. The molecule has 1 unspecified atom stereocenters. The topological polar surface area (TPSA) is 109 Å². The first kappa shape index (κ1) is 24.4. The molecule has 3 rings (SSSR count). The van der Waals surface area contributed by atoms with Crippen LogP contribution in [0.1, 0.15) is 69.8 Å². The molecule has 33 heavy (non-hydrogen) atoms. The minimum Gasteiger partial charge on any atom is -0.490 e. The summed E-state index contributed by atoms with van der Waals surface area (Å²) in [6.45, 7) is 9.98. The summed E-state index contributed by atoms with van der Waals surface area (Å²) < 4.78 is 27.7. The van der Waals surface area contributed by atoms with Crippen molar-refractivity contribution in [3.05, 3.63) is 29.7 Å². The molecule has 180 valence electrons. The summed E-state index contributed by atoms with van der Waals surface area (Å²) >= 11 is 0. The fraction of sp³-hybridized carbons (Fsp3) is 0.542. The van der Waals surface area contributed by atoms with Gasteiger partial charge in [0.25, 0.3) is 0 Å². The highest BCUT2D eigenvalue weighted by molar-refractivity contribution is 5.89. The number of aromatic nitrogens is 1. The Morgan fingerprint density at radius 1 is 1.21 bits per heavy atom. The number of alkyl carbamates (subject to hydrolysis) is 1. The summed E-state index contributed by atoms with van der Waals surface area (Å²) in [6.07, 6.45) is 1.69. The molecular formula is C24H32N2O7. The maximum atomic E-state index is 12.4. The van der Waals surface area contributed by atoms with Crippen LogP contribution in [-0.2, 0) is 9.47 Å². The first-order chi connectivity index (χ1) is 15.6. The summed E-state index contributed by atoms with van der Waals surface area (Å²) in [5, 5.41) is 2.67. The lowest BCUT2D eigenvalue weighted by molar-refractivity contribution is 0.0495. The molecule has 1 aromatic heterocycles. The van der Waals surface area contributed by atoms with E-state index in [9.17, 15) is 9.59 Å². The zero-order chi connectivity index (χ0) is 24.2. The number of nitrogens with zero attached hydrogens (tertiary/aromatic N) is 1. The smallest absolute Gasteiger partial charge is 0.408 e. The molecule has 9 heteroatoms. The first-order valence-electron chi connectivity index (χ1n) is 11.1. The van der Waals surface area contributed by atoms with Crippen molar-refractivity contribution in [3.8, 4) is 23.0 Å². The van der Waals surface area contributed by atoms with Crippen LogP contribution >= 0.6 is 0 Å². The maximum Gasteiger partial charge on any atom is 0.408 e. The molecule has 2 aromatic rings. The number of benzene rings is 1. The normalized spacial score (nSPS) is 14.4. The van der Waals surface area contributed by atoms with E-state index in [4.69, 9.17) is 23.4 Å². The number of esters is 1. The number of nitrogens with one attached hydrogen (secondary N) is 1. The highest BCUT2D eigenvalue weighted by Gasteiger charge is 2.28. The van der Waals surface area contributed by atoms with E-state index in [2.05, 4.69) is 10.3 Å². The summed E-state index contributed by atoms with van der Waals surface area (Å²) in [5.41, 5.74) is -0.0868. The Kier molecular flexibility index (Phi) is 7.50. The van der Waals surface area contributed by atoms with Crippen LogP contribution in [0, 0.1) is 5.92 Å². The number of ether oxygens (including phenoxy) is 4. The SMILES string of the molecule is CCOc1ccc(-c2nc(C(=O)OC)c(C(C)NC(=O)OC(C)(C)C)o2)cc1OCC1CC1. The molecule has 1 amide bonds. The van der Waals surface area contributed by atoms with Crippen LogP contribution in [0.5, 0.6) is 11.5 Å². The zero-order valence-corrected chi connectivity index (χ0v) is 20.0. The molecule has 1 N–H and O–H groups in total. The van der Waals surface area contributed by atoms with Crippen molar-refractivity contribution in [2.75, 3.05) is 20.3 Å². The second-order valence-corrected chi connectivity index (χ2v) is 8.94. The van der Waals surface area contributed by atoms with Gasteiger partial charge in [0, 0.05) is 5.56 Å². The van der Waals surface area contributed by atoms with Crippen LogP contribution in [0.4, 0.5) is 4.79 Å². The van der Waals surface area contributed by atoms with Crippen molar-refractivity contribution in [2.24, 2.45) is 5.92 Å². The van der Waals surface area contributed by atoms with Crippen molar-refractivity contribution in [2.45, 2.75) is 59.1 Å². The van der Waals surface area contributed by atoms with Crippen LogP contribution in [-0.4, -0.2) is 43.0 Å². The molecular weight excluding hydrogens is 428 g/mol. The number of hydrogen-bond acceptors (Lipinski definition) is 8. The first-order valence-corrected chi connectivity index (χ1v) is 11.1. The predicted octanol–water partition coefficient (Wildman–Crippen LogP) is 4.90. The van der Waals surface area contributed by atoms with Gasteiger partial charge in [-0.1, -0.05) is 0 Å².